The number of sulfonamides is 1. The van der Waals surface area contributed by atoms with Crippen molar-refractivity contribution in [1.82, 2.24) is 9.62 Å². The topological polar surface area (TPSA) is 58.6 Å². The predicted octanol–water partition coefficient (Wildman–Crippen LogP) is 0.991. The Morgan fingerprint density at radius 1 is 1.23 bits per heavy atom. The summed E-state index contributed by atoms with van der Waals surface area (Å²) >= 11 is 0. The van der Waals surface area contributed by atoms with Crippen LogP contribution >= 0.6 is 0 Å². The number of hydrogen-bond donors (Lipinski definition) is 1. The van der Waals surface area contributed by atoms with Crippen LogP contribution < -0.4 is 4.72 Å². The van der Waals surface area contributed by atoms with E-state index in [9.17, 15) is 8.42 Å². The third-order valence-corrected chi connectivity index (χ3v) is 5.34. The number of likely N-dealkylation sites (tertiary alicyclic amines) is 1. The minimum atomic E-state index is -3.19. The molecule has 0 bridgehead atoms. The number of benzene rings is 1. The van der Waals surface area contributed by atoms with Crippen LogP contribution in [0.3, 0.4) is 0 Å². The molecule has 0 saturated carbocycles. The Kier molecular flexibility index (Phi) is 4.54. The minimum Gasteiger partial charge on any atom is -0.379 e. The van der Waals surface area contributed by atoms with Gasteiger partial charge in [-0.3, -0.25) is 4.90 Å². The summed E-state index contributed by atoms with van der Waals surface area (Å²) in [5.41, 5.74) is 2.57. The molecule has 6 heteroatoms. The van der Waals surface area contributed by atoms with E-state index in [0.717, 1.165) is 26.2 Å². The molecule has 122 valence electrons. The highest BCUT2D eigenvalue weighted by Gasteiger charge is 2.41. The highest BCUT2D eigenvalue weighted by molar-refractivity contribution is 7.88. The highest BCUT2D eigenvalue weighted by Crippen LogP contribution is 2.31. The van der Waals surface area contributed by atoms with Crippen LogP contribution in [0.15, 0.2) is 24.3 Å². The quantitative estimate of drug-likeness (QED) is 0.897. The molecular weight excluding hydrogens is 300 g/mol. The van der Waals surface area contributed by atoms with E-state index in [2.05, 4.69) is 40.8 Å². The second-order valence-electron chi connectivity index (χ2n) is 6.64. The smallest absolute Gasteiger partial charge is 0.209 e. The van der Waals surface area contributed by atoms with Gasteiger partial charge in [-0.15, -0.1) is 0 Å². The maximum Gasteiger partial charge on any atom is 0.209 e. The zero-order valence-corrected chi connectivity index (χ0v) is 14.0. The van der Waals surface area contributed by atoms with Crippen LogP contribution in [0.25, 0.3) is 0 Å². The summed E-state index contributed by atoms with van der Waals surface area (Å²) in [6.45, 7) is 6.12. The molecule has 1 aromatic rings. The first-order valence-corrected chi connectivity index (χ1v) is 9.63. The highest BCUT2D eigenvalue weighted by atomic mass is 32.2. The molecule has 1 aromatic carbocycles. The number of nitrogens with zero attached hydrogens (tertiary/aromatic N) is 1. The van der Waals surface area contributed by atoms with Crippen LogP contribution in [-0.2, 0) is 21.3 Å². The Hall–Kier alpha value is -0.950. The van der Waals surface area contributed by atoms with E-state index in [1.165, 1.54) is 17.4 Å². The number of fused-ring (bicyclic) bond motifs is 1. The van der Waals surface area contributed by atoms with Crippen LogP contribution in [0.2, 0.25) is 0 Å². The lowest BCUT2D eigenvalue weighted by Crippen LogP contribution is -2.49. The largest absolute Gasteiger partial charge is 0.379 e. The molecule has 0 aliphatic carbocycles. The summed E-state index contributed by atoms with van der Waals surface area (Å²) < 4.78 is 31.4. The Morgan fingerprint density at radius 3 is 2.64 bits per heavy atom. The fraction of sp³-hybridized carbons (Fsp3) is 0.625. The molecule has 3 rings (SSSR count). The van der Waals surface area contributed by atoms with Crippen LogP contribution in [0, 0.1) is 18.8 Å². The Balaban J connectivity index is 1.65. The minimum absolute atomic E-state index is 0.100. The van der Waals surface area contributed by atoms with Crippen LogP contribution in [0.1, 0.15) is 11.1 Å². The maximum absolute atomic E-state index is 11.5. The zero-order valence-electron chi connectivity index (χ0n) is 13.2. The van der Waals surface area contributed by atoms with E-state index < -0.39 is 10.0 Å². The molecule has 0 spiro atoms. The molecule has 0 amide bonds. The van der Waals surface area contributed by atoms with Crippen molar-refractivity contribution in [3.63, 3.8) is 0 Å². The monoisotopic (exact) mass is 324 g/mol. The molecule has 2 aliphatic heterocycles. The summed E-state index contributed by atoms with van der Waals surface area (Å²) in [5, 5.41) is 0. The summed E-state index contributed by atoms with van der Waals surface area (Å²) in [5.74, 6) is 0.757. The molecule has 1 N–H and O–H groups in total. The SMILES string of the molecule is Cc1ccc(CN2C[C@@H]3COC[C@H](NS(C)(=O)=O)[C@@H]3C2)cc1. The fourth-order valence-corrected chi connectivity index (χ4v) is 4.36. The van der Waals surface area contributed by atoms with Gasteiger partial charge in [-0.05, 0) is 18.4 Å². The molecule has 2 saturated heterocycles. The lowest BCUT2D eigenvalue weighted by atomic mass is 9.88. The lowest BCUT2D eigenvalue weighted by Gasteiger charge is -2.32. The summed E-state index contributed by atoms with van der Waals surface area (Å²) in [7, 11) is -3.19. The average Bonchev–Trinajstić information content (AvgIpc) is 2.83. The number of ether oxygens (including phenoxy) is 1. The molecular formula is C16H24N2O3S. The summed E-state index contributed by atoms with van der Waals surface area (Å²) in [4.78, 5) is 2.41. The van der Waals surface area contributed by atoms with Gasteiger partial charge in [0.15, 0.2) is 0 Å². The van der Waals surface area contributed by atoms with Crippen molar-refractivity contribution in [2.24, 2.45) is 11.8 Å². The molecule has 0 radical (unpaired) electrons. The van der Waals surface area contributed by atoms with Crippen molar-refractivity contribution >= 4 is 10.0 Å². The van der Waals surface area contributed by atoms with Gasteiger partial charge in [0.05, 0.1) is 19.5 Å². The first-order chi connectivity index (χ1) is 10.4. The van der Waals surface area contributed by atoms with Crippen LogP contribution in [-0.4, -0.2) is 51.9 Å². The van der Waals surface area contributed by atoms with Crippen molar-refractivity contribution in [2.75, 3.05) is 32.6 Å². The molecule has 3 atom stereocenters. The van der Waals surface area contributed by atoms with Gasteiger partial charge in [0.25, 0.3) is 0 Å². The lowest BCUT2D eigenvalue weighted by molar-refractivity contribution is 0.0164. The number of aryl methyl sites for hydroxylation is 1. The molecule has 0 aromatic heterocycles. The Morgan fingerprint density at radius 2 is 1.95 bits per heavy atom. The van der Waals surface area contributed by atoms with Gasteiger partial charge in [-0.1, -0.05) is 29.8 Å². The predicted molar refractivity (Wildman–Crippen MR) is 86.0 cm³/mol. The van der Waals surface area contributed by atoms with Gasteiger partial charge in [0.2, 0.25) is 10.0 Å². The summed E-state index contributed by atoms with van der Waals surface area (Å²) in [6, 6.07) is 8.50. The third-order valence-electron chi connectivity index (χ3n) is 4.61. The normalized spacial score (nSPS) is 29.5. The molecule has 2 aliphatic rings. The second kappa shape index (κ2) is 6.28. The first kappa shape index (κ1) is 15.9. The van der Waals surface area contributed by atoms with E-state index in [-0.39, 0.29) is 6.04 Å². The van der Waals surface area contributed by atoms with Crippen LogP contribution in [0.5, 0.6) is 0 Å². The number of rotatable bonds is 4. The van der Waals surface area contributed by atoms with E-state index in [0.29, 0.717) is 18.4 Å². The van der Waals surface area contributed by atoms with Crippen molar-refractivity contribution < 1.29 is 13.2 Å². The average molecular weight is 324 g/mol. The standard InChI is InChI=1S/C16H24N2O3S/c1-12-3-5-13(6-4-12)7-18-8-14-10-21-11-16(15(14)9-18)17-22(2,19)20/h3-6,14-17H,7-11H2,1-2H3/t14-,15-,16+/m1/s1. The van der Waals surface area contributed by atoms with Gasteiger partial charge in [0.1, 0.15) is 0 Å². The van der Waals surface area contributed by atoms with Crippen molar-refractivity contribution in [3.05, 3.63) is 35.4 Å². The first-order valence-electron chi connectivity index (χ1n) is 7.73. The zero-order chi connectivity index (χ0) is 15.7. The van der Waals surface area contributed by atoms with E-state index in [1.807, 2.05) is 0 Å². The molecule has 2 fully saturated rings. The van der Waals surface area contributed by atoms with Crippen LogP contribution in [0.4, 0.5) is 0 Å². The van der Waals surface area contributed by atoms with E-state index in [1.54, 1.807) is 0 Å². The summed E-state index contributed by atoms with van der Waals surface area (Å²) in [6.07, 6.45) is 1.22. The molecule has 2 heterocycles. The Labute approximate surface area is 132 Å². The Bertz CT molecular complexity index is 615. The maximum atomic E-state index is 11.5. The number of hydrogen-bond acceptors (Lipinski definition) is 4. The van der Waals surface area contributed by atoms with Crippen molar-refractivity contribution in [3.8, 4) is 0 Å². The van der Waals surface area contributed by atoms with Gasteiger partial charge in [0, 0.05) is 31.6 Å². The van der Waals surface area contributed by atoms with Gasteiger partial charge in [-0.25, -0.2) is 13.1 Å². The van der Waals surface area contributed by atoms with Gasteiger partial charge in [-0.2, -0.15) is 0 Å². The van der Waals surface area contributed by atoms with Crippen molar-refractivity contribution in [2.45, 2.75) is 19.5 Å². The molecule has 0 unspecified atom stereocenters. The van der Waals surface area contributed by atoms with Gasteiger partial charge < -0.3 is 4.74 Å². The van der Waals surface area contributed by atoms with Gasteiger partial charge >= 0.3 is 0 Å². The fourth-order valence-electron chi connectivity index (χ4n) is 3.57. The molecule has 5 nitrogen and oxygen atoms in total. The molecule has 22 heavy (non-hydrogen) atoms. The second-order valence-corrected chi connectivity index (χ2v) is 8.42. The van der Waals surface area contributed by atoms with Crippen molar-refractivity contribution in [1.29, 1.82) is 0 Å². The van der Waals surface area contributed by atoms with E-state index in [4.69, 9.17) is 4.74 Å². The van der Waals surface area contributed by atoms with E-state index >= 15 is 0 Å². The third kappa shape index (κ3) is 3.87. The number of nitrogens with one attached hydrogen (secondary N) is 1.